The Morgan fingerprint density at radius 2 is 1.77 bits per heavy atom. The number of hydrogen-bond donors (Lipinski definition) is 2. The molecule has 2 aliphatic rings. The smallest absolute Gasteiger partial charge is 0.444 e. The van der Waals surface area contributed by atoms with Crippen molar-refractivity contribution in [1.82, 2.24) is 25.7 Å². The predicted octanol–water partition coefficient (Wildman–Crippen LogP) is 5.76. The zero-order valence-corrected chi connectivity index (χ0v) is 28.5. The largest absolute Gasteiger partial charge is 0.471 e. The molecule has 21 heteroatoms. The van der Waals surface area contributed by atoms with Crippen molar-refractivity contribution < 1.29 is 58.0 Å². The number of aromatic nitrogens is 4. The molecule has 0 bridgehead atoms. The Morgan fingerprint density at radius 3 is 2.37 bits per heavy atom. The van der Waals surface area contributed by atoms with Crippen molar-refractivity contribution in [2.75, 3.05) is 16.0 Å². The number of amides is 2. The van der Waals surface area contributed by atoms with Crippen LogP contribution in [0.2, 0.25) is 0 Å². The zero-order chi connectivity index (χ0) is 38.0. The van der Waals surface area contributed by atoms with Crippen molar-refractivity contribution >= 4 is 33.5 Å². The lowest BCUT2D eigenvalue weighted by Gasteiger charge is -2.44. The number of hydrogen-bond acceptors (Lipinski definition) is 12. The third-order valence-electron chi connectivity index (χ3n) is 7.90. The van der Waals surface area contributed by atoms with Gasteiger partial charge < -0.3 is 29.2 Å². The number of rotatable bonds is 7. The van der Waals surface area contributed by atoms with E-state index in [1.807, 2.05) is 0 Å². The Kier molecular flexibility index (Phi) is 8.78. The summed E-state index contributed by atoms with van der Waals surface area (Å²) in [7, 11) is -4.52. The number of carbonyl (C=O) groups excluding carboxylic acids is 2. The number of nitrogens with one attached hydrogen (secondary N) is 2. The first-order chi connectivity index (χ1) is 24.0. The van der Waals surface area contributed by atoms with Gasteiger partial charge in [0.1, 0.15) is 17.5 Å². The van der Waals surface area contributed by atoms with Gasteiger partial charge in [-0.15, -0.1) is 5.10 Å². The molecule has 2 aromatic heterocycles. The highest BCUT2D eigenvalue weighted by Gasteiger charge is 2.54. The highest BCUT2D eigenvalue weighted by molar-refractivity contribution is 7.91. The molecule has 14 nitrogen and oxygen atoms in total. The monoisotopic (exact) mass is 757 g/mol. The topological polar surface area (TPSA) is 183 Å². The molecule has 2 N–H and O–H groups in total. The maximum absolute atomic E-state index is 15.7. The van der Waals surface area contributed by atoms with Gasteiger partial charge in [-0.05, 0) is 45.4 Å². The van der Waals surface area contributed by atoms with E-state index in [0.717, 1.165) is 11.0 Å². The molecular formula is C31H29F6N7O7S. The van der Waals surface area contributed by atoms with Crippen LogP contribution in [0.5, 0.6) is 0 Å². The Labute approximate surface area is 290 Å². The quantitative estimate of drug-likeness (QED) is 0.218. The van der Waals surface area contributed by atoms with Gasteiger partial charge in [0.15, 0.2) is 9.84 Å². The summed E-state index contributed by atoms with van der Waals surface area (Å²) in [6.45, 7) is 5.75. The molecule has 0 saturated heterocycles. The highest BCUT2D eigenvalue weighted by Crippen LogP contribution is 2.47. The average molecular weight is 758 g/mol. The minimum Gasteiger partial charge on any atom is -0.444 e. The molecule has 3 heterocycles. The highest BCUT2D eigenvalue weighted by atomic mass is 32.2. The summed E-state index contributed by atoms with van der Waals surface area (Å²) in [5.41, 5.74) is -2.48. The predicted molar refractivity (Wildman–Crippen MR) is 167 cm³/mol. The van der Waals surface area contributed by atoms with Crippen LogP contribution in [0.25, 0.3) is 22.8 Å². The van der Waals surface area contributed by atoms with E-state index in [1.165, 1.54) is 31.2 Å². The van der Waals surface area contributed by atoms with Crippen LogP contribution >= 0.6 is 0 Å². The molecule has 278 valence electrons. The number of alkyl halides is 5. The summed E-state index contributed by atoms with van der Waals surface area (Å²) in [5.74, 6) is -8.39. The molecule has 0 radical (unpaired) electrons. The first-order valence-corrected chi connectivity index (χ1v) is 17.0. The summed E-state index contributed by atoms with van der Waals surface area (Å²) in [4.78, 5) is 30.5. The molecule has 2 amide bonds. The van der Waals surface area contributed by atoms with Gasteiger partial charge in [-0.25, -0.2) is 26.4 Å². The normalized spacial score (nSPS) is 19.3. The van der Waals surface area contributed by atoms with Gasteiger partial charge in [0.2, 0.25) is 5.82 Å². The number of alkyl carbamates (subject to hydrolysis) is 1. The molecule has 52 heavy (non-hydrogen) atoms. The minimum atomic E-state index is -4.87. The first-order valence-electron chi connectivity index (χ1n) is 15.4. The molecule has 1 fully saturated rings. The second-order valence-electron chi connectivity index (χ2n) is 13.6. The number of anilines is 2. The fourth-order valence-corrected chi connectivity index (χ4v) is 7.40. The molecule has 1 aliphatic heterocycles. The van der Waals surface area contributed by atoms with Crippen LogP contribution in [0.1, 0.15) is 52.0 Å². The first kappa shape index (κ1) is 36.6. The van der Waals surface area contributed by atoms with E-state index in [9.17, 15) is 40.0 Å². The second-order valence-corrected chi connectivity index (χ2v) is 15.6. The lowest BCUT2D eigenvalue weighted by Crippen LogP contribution is -2.54. The lowest BCUT2D eigenvalue weighted by atomic mass is 9.75. The number of fused-ring (bicyclic) bond motifs is 1. The summed E-state index contributed by atoms with van der Waals surface area (Å²) in [6, 6.07) is 5.06. The molecule has 2 aromatic carbocycles. The van der Waals surface area contributed by atoms with E-state index in [1.54, 1.807) is 20.8 Å². The van der Waals surface area contributed by atoms with Gasteiger partial charge in [-0.3, -0.25) is 4.79 Å². The van der Waals surface area contributed by atoms with Crippen LogP contribution in [0.4, 0.5) is 42.8 Å². The number of carbonyl (C=O) groups is 2. The Balaban J connectivity index is 1.37. The van der Waals surface area contributed by atoms with Crippen molar-refractivity contribution in [2.45, 2.75) is 81.3 Å². The average Bonchev–Trinajstić information content (AvgIpc) is 3.66. The number of halogens is 6. The molecule has 4 aromatic rings. The molecular weight excluding hydrogens is 728 g/mol. The van der Waals surface area contributed by atoms with Crippen LogP contribution in [-0.4, -0.2) is 69.6 Å². The summed E-state index contributed by atoms with van der Waals surface area (Å²) in [6.07, 6.45) is -7.03. The molecule has 0 unspecified atom stereocenters. The van der Waals surface area contributed by atoms with Crippen molar-refractivity contribution in [3.05, 3.63) is 53.7 Å². The standard InChI is InChI=1S/C31H29F6N7O7S/c1-28(2,3)50-27(46)38-19-12-52(47,48)21-10-18(32)17(23-41-42-26(49-23)40-29(4)13-30(33,34)14-29)9-20(21)44(24(19)45)11-15-5-7-16(8-6-15)22-39-25(51-43-22)31(35,36)37/h5-10,19H,11-14H2,1-4H3,(H,38,46)(H,40,42)/t19-/m0/s1. The van der Waals surface area contributed by atoms with E-state index in [4.69, 9.17) is 9.15 Å². The maximum atomic E-state index is 15.7. The molecule has 0 spiro atoms. The number of ether oxygens (including phenoxy) is 1. The summed E-state index contributed by atoms with van der Waals surface area (Å²) >= 11 is 0. The number of benzene rings is 2. The van der Waals surface area contributed by atoms with Gasteiger partial charge in [-0.2, -0.15) is 18.2 Å². The van der Waals surface area contributed by atoms with Crippen LogP contribution in [0.15, 0.2) is 50.2 Å². The van der Waals surface area contributed by atoms with E-state index >= 15 is 4.39 Å². The van der Waals surface area contributed by atoms with E-state index in [0.29, 0.717) is 11.6 Å². The molecule has 6 rings (SSSR count). The van der Waals surface area contributed by atoms with Crippen LogP contribution in [0.3, 0.4) is 0 Å². The van der Waals surface area contributed by atoms with Crippen LogP contribution in [-0.2, 0) is 32.1 Å². The second kappa shape index (κ2) is 12.5. The molecule has 1 aliphatic carbocycles. The van der Waals surface area contributed by atoms with Gasteiger partial charge in [0.05, 0.1) is 34.0 Å². The Hall–Kier alpha value is -5.21. The number of nitrogens with zero attached hydrogens (tertiary/aromatic N) is 5. The van der Waals surface area contributed by atoms with Gasteiger partial charge in [0.25, 0.3) is 17.7 Å². The molecule has 1 saturated carbocycles. The van der Waals surface area contributed by atoms with E-state index in [2.05, 4.69) is 35.5 Å². The van der Waals surface area contributed by atoms with Gasteiger partial charge in [-0.1, -0.05) is 34.5 Å². The lowest BCUT2D eigenvalue weighted by molar-refractivity contribution is -0.159. The molecule has 1 atom stereocenters. The maximum Gasteiger partial charge on any atom is 0.471 e. The SMILES string of the molecule is CC1(Nc2nnc(-c3cc4c(cc3F)S(=O)(=O)C[C@H](NC(=O)OC(C)(C)C)C(=O)N4Cc3ccc(-c4noc(C(F)(F)F)n4)cc3)o2)CC(F)(F)C1. The summed E-state index contributed by atoms with van der Waals surface area (Å²) < 4.78 is 124. The van der Waals surface area contributed by atoms with Crippen molar-refractivity contribution in [2.24, 2.45) is 0 Å². The van der Waals surface area contributed by atoms with E-state index < -0.39 is 104 Å². The number of sulfone groups is 1. The van der Waals surface area contributed by atoms with Crippen molar-refractivity contribution in [3.63, 3.8) is 0 Å². The van der Waals surface area contributed by atoms with Gasteiger partial charge in [0, 0.05) is 18.4 Å². The van der Waals surface area contributed by atoms with E-state index in [-0.39, 0.29) is 23.1 Å². The third-order valence-corrected chi connectivity index (χ3v) is 9.67. The third kappa shape index (κ3) is 7.67. The zero-order valence-electron chi connectivity index (χ0n) is 27.6. The van der Waals surface area contributed by atoms with Crippen LogP contribution in [0, 0.1) is 5.82 Å². The fraction of sp³-hybridized carbons (Fsp3) is 0.419. The van der Waals surface area contributed by atoms with Crippen molar-refractivity contribution in [1.29, 1.82) is 0 Å². The van der Waals surface area contributed by atoms with Crippen LogP contribution < -0.4 is 15.5 Å². The van der Waals surface area contributed by atoms with Gasteiger partial charge >= 0.3 is 24.2 Å². The van der Waals surface area contributed by atoms with Crippen molar-refractivity contribution in [3.8, 4) is 22.8 Å². The minimum absolute atomic E-state index is 0.113. The summed E-state index contributed by atoms with van der Waals surface area (Å²) in [5, 5.41) is 15.8. The Bertz CT molecular complexity index is 2140. The Morgan fingerprint density at radius 1 is 1.10 bits per heavy atom. The fourth-order valence-electron chi connectivity index (χ4n) is 5.79.